The summed E-state index contributed by atoms with van der Waals surface area (Å²) < 4.78 is 4.59. The number of carbonyl (C=O) groups excluding carboxylic acids is 2. The van der Waals surface area contributed by atoms with Crippen LogP contribution >= 0.6 is 0 Å². The van der Waals surface area contributed by atoms with E-state index in [9.17, 15) is 9.59 Å². The first-order chi connectivity index (χ1) is 7.88. The van der Waals surface area contributed by atoms with E-state index in [0.29, 0.717) is 19.0 Å². The van der Waals surface area contributed by atoms with Crippen LogP contribution in [0.2, 0.25) is 0 Å². The number of esters is 1. The van der Waals surface area contributed by atoms with Crippen LogP contribution in [0.3, 0.4) is 0 Å². The number of nitrogens with zero attached hydrogens (tertiary/aromatic N) is 1. The van der Waals surface area contributed by atoms with Crippen LogP contribution in [0.4, 0.5) is 0 Å². The van der Waals surface area contributed by atoms with Crippen molar-refractivity contribution in [3.63, 3.8) is 0 Å². The Labute approximate surface area is 104 Å². The van der Waals surface area contributed by atoms with Crippen molar-refractivity contribution in [2.45, 2.75) is 40.5 Å². The lowest BCUT2D eigenvalue weighted by atomic mass is 10.1. The van der Waals surface area contributed by atoms with Gasteiger partial charge in [0.25, 0.3) is 0 Å². The highest BCUT2D eigenvalue weighted by atomic mass is 16.5. The fraction of sp³-hybridized carbons (Fsp3) is 0.846. The SMILES string of the molecule is COC(=O)CCN(CCC(C)C)C(=O)C(C)C. The molecule has 4 nitrogen and oxygen atoms in total. The van der Waals surface area contributed by atoms with Crippen molar-refractivity contribution in [3.8, 4) is 0 Å². The average molecular weight is 243 g/mol. The molecule has 0 atom stereocenters. The Morgan fingerprint density at radius 3 is 2.12 bits per heavy atom. The predicted octanol–water partition coefficient (Wildman–Crippen LogP) is 2.08. The summed E-state index contributed by atoms with van der Waals surface area (Å²) in [5.74, 6) is 0.362. The van der Waals surface area contributed by atoms with Crippen molar-refractivity contribution in [3.05, 3.63) is 0 Å². The Hall–Kier alpha value is -1.06. The van der Waals surface area contributed by atoms with Gasteiger partial charge in [-0.2, -0.15) is 0 Å². The Morgan fingerprint density at radius 2 is 1.71 bits per heavy atom. The maximum Gasteiger partial charge on any atom is 0.307 e. The number of amides is 1. The van der Waals surface area contributed by atoms with Gasteiger partial charge in [-0.15, -0.1) is 0 Å². The first kappa shape index (κ1) is 15.9. The number of hydrogen-bond acceptors (Lipinski definition) is 3. The third-order valence-electron chi connectivity index (χ3n) is 2.60. The van der Waals surface area contributed by atoms with Gasteiger partial charge in [0.2, 0.25) is 5.91 Å². The van der Waals surface area contributed by atoms with E-state index in [2.05, 4.69) is 18.6 Å². The largest absolute Gasteiger partial charge is 0.469 e. The van der Waals surface area contributed by atoms with E-state index >= 15 is 0 Å². The monoisotopic (exact) mass is 243 g/mol. The highest BCUT2D eigenvalue weighted by molar-refractivity contribution is 5.79. The smallest absolute Gasteiger partial charge is 0.307 e. The van der Waals surface area contributed by atoms with Crippen molar-refractivity contribution < 1.29 is 14.3 Å². The minimum Gasteiger partial charge on any atom is -0.469 e. The molecule has 0 saturated carbocycles. The summed E-state index contributed by atoms with van der Waals surface area (Å²) in [6.07, 6.45) is 1.23. The van der Waals surface area contributed by atoms with Crippen molar-refractivity contribution in [1.82, 2.24) is 4.90 Å². The highest BCUT2D eigenvalue weighted by Gasteiger charge is 2.18. The Kier molecular flexibility index (Phi) is 7.59. The van der Waals surface area contributed by atoms with E-state index in [4.69, 9.17) is 0 Å². The van der Waals surface area contributed by atoms with Gasteiger partial charge in [0.05, 0.1) is 13.5 Å². The first-order valence-electron chi connectivity index (χ1n) is 6.24. The molecule has 0 aromatic carbocycles. The second-order valence-electron chi connectivity index (χ2n) is 4.99. The van der Waals surface area contributed by atoms with Crippen LogP contribution in [0.5, 0.6) is 0 Å². The van der Waals surface area contributed by atoms with E-state index in [1.165, 1.54) is 7.11 Å². The van der Waals surface area contributed by atoms with E-state index in [1.807, 2.05) is 13.8 Å². The van der Waals surface area contributed by atoms with Gasteiger partial charge in [0.15, 0.2) is 0 Å². The molecule has 0 aromatic heterocycles. The summed E-state index contributed by atoms with van der Waals surface area (Å²) in [7, 11) is 1.37. The molecule has 0 aromatic rings. The number of hydrogen-bond donors (Lipinski definition) is 0. The van der Waals surface area contributed by atoms with Gasteiger partial charge in [-0.25, -0.2) is 0 Å². The molecule has 0 rings (SSSR count). The van der Waals surface area contributed by atoms with Gasteiger partial charge < -0.3 is 9.64 Å². The molecule has 0 aliphatic rings. The third kappa shape index (κ3) is 6.97. The van der Waals surface area contributed by atoms with Gasteiger partial charge in [0.1, 0.15) is 0 Å². The van der Waals surface area contributed by atoms with Gasteiger partial charge >= 0.3 is 5.97 Å². The maximum absolute atomic E-state index is 11.9. The Bertz CT molecular complexity index is 249. The zero-order valence-electron chi connectivity index (χ0n) is 11.7. The maximum atomic E-state index is 11.9. The Balaban J connectivity index is 4.29. The zero-order chi connectivity index (χ0) is 13.4. The van der Waals surface area contributed by atoms with Gasteiger partial charge in [-0.3, -0.25) is 9.59 Å². The molecule has 4 heteroatoms. The molecule has 0 aliphatic heterocycles. The first-order valence-corrected chi connectivity index (χ1v) is 6.24. The van der Waals surface area contributed by atoms with Crippen LogP contribution in [0.15, 0.2) is 0 Å². The average Bonchev–Trinajstić information content (AvgIpc) is 2.27. The molecule has 0 unspecified atom stereocenters. The minimum absolute atomic E-state index is 0.0280. The summed E-state index contributed by atoms with van der Waals surface area (Å²) >= 11 is 0. The van der Waals surface area contributed by atoms with Crippen LogP contribution in [-0.2, 0) is 14.3 Å². The van der Waals surface area contributed by atoms with Gasteiger partial charge in [0, 0.05) is 19.0 Å². The molecular formula is C13H25NO3. The van der Waals surface area contributed by atoms with Crippen LogP contribution in [0, 0.1) is 11.8 Å². The molecule has 0 radical (unpaired) electrons. The molecule has 0 heterocycles. The van der Waals surface area contributed by atoms with E-state index in [1.54, 1.807) is 4.90 Å². The number of methoxy groups -OCH3 is 1. The number of ether oxygens (including phenoxy) is 1. The second-order valence-corrected chi connectivity index (χ2v) is 4.99. The fourth-order valence-electron chi connectivity index (χ4n) is 1.44. The summed E-state index contributed by atoms with van der Waals surface area (Å²) in [6.45, 7) is 9.17. The Morgan fingerprint density at radius 1 is 1.12 bits per heavy atom. The van der Waals surface area contributed by atoms with Crippen LogP contribution in [0.1, 0.15) is 40.5 Å². The van der Waals surface area contributed by atoms with Crippen molar-refractivity contribution in [2.75, 3.05) is 20.2 Å². The van der Waals surface area contributed by atoms with Crippen molar-refractivity contribution in [2.24, 2.45) is 11.8 Å². The summed E-state index contributed by atoms with van der Waals surface area (Å²) in [6, 6.07) is 0. The van der Waals surface area contributed by atoms with Gasteiger partial charge in [-0.05, 0) is 12.3 Å². The molecule has 0 saturated heterocycles. The molecular weight excluding hydrogens is 218 g/mol. The second kappa shape index (κ2) is 8.09. The zero-order valence-corrected chi connectivity index (χ0v) is 11.7. The molecule has 0 aliphatic carbocycles. The molecule has 1 amide bonds. The normalized spacial score (nSPS) is 10.8. The van der Waals surface area contributed by atoms with Crippen LogP contribution in [-0.4, -0.2) is 37.0 Å². The molecule has 17 heavy (non-hydrogen) atoms. The molecule has 0 spiro atoms. The third-order valence-corrected chi connectivity index (χ3v) is 2.60. The molecule has 0 fully saturated rings. The fourth-order valence-corrected chi connectivity index (χ4v) is 1.44. The predicted molar refractivity (Wildman–Crippen MR) is 67.5 cm³/mol. The quantitative estimate of drug-likeness (QED) is 0.643. The van der Waals surface area contributed by atoms with E-state index < -0.39 is 0 Å². The van der Waals surface area contributed by atoms with E-state index in [0.717, 1.165) is 6.42 Å². The van der Waals surface area contributed by atoms with Crippen LogP contribution < -0.4 is 0 Å². The standard InChI is InChI=1S/C13H25NO3/c1-10(2)6-8-14(13(16)11(3)4)9-7-12(15)17-5/h10-11H,6-9H2,1-5H3. The van der Waals surface area contributed by atoms with Crippen LogP contribution in [0.25, 0.3) is 0 Å². The summed E-state index contributed by atoms with van der Waals surface area (Å²) in [4.78, 5) is 24.8. The van der Waals surface area contributed by atoms with Gasteiger partial charge in [-0.1, -0.05) is 27.7 Å². The van der Waals surface area contributed by atoms with E-state index in [-0.39, 0.29) is 24.2 Å². The number of carbonyl (C=O) groups is 2. The molecule has 0 bridgehead atoms. The lowest BCUT2D eigenvalue weighted by molar-refractivity contribution is -0.142. The lowest BCUT2D eigenvalue weighted by Crippen LogP contribution is -2.37. The summed E-state index contributed by atoms with van der Waals surface area (Å²) in [5, 5.41) is 0. The molecule has 0 N–H and O–H groups in total. The van der Waals surface area contributed by atoms with Crippen molar-refractivity contribution in [1.29, 1.82) is 0 Å². The summed E-state index contributed by atoms with van der Waals surface area (Å²) in [5.41, 5.74) is 0. The minimum atomic E-state index is -0.267. The van der Waals surface area contributed by atoms with Crippen molar-refractivity contribution >= 4 is 11.9 Å². The highest BCUT2D eigenvalue weighted by Crippen LogP contribution is 2.07. The topological polar surface area (TPSA) is 46.6 Å². The molecule has 100 valence electrons. The lowest BCUT2D eigenvalue weighted by Gasteiger charge is -2.25. The number of rotatable bonds is 7.